The molecule has 6 bridgehead atoms. The minimum absolute atomic E-state index is 0.000522. The van der Waals surface area contributed by atoms with Gasteiger partial charge in [0.25, 0.3) is 11.8 Å². The van der Waals surface area contributed by atoms with Crippen molar-refractivity contribution in [1.29, 1.82) is 0 Å². The Hall–Kier alpha value is -3.71. The van der Waals surface area contributed by atoms with E-state index in [2.05, 4.69) is 10.3 Å². The zero-order valence-electron chi connectivity index (χ0n) is 26.4. The zero-order chi connectivity index (χ0) is 33.0. The molecule has 47 heavy (non-hydrogen) atoms. The van der Waals surface area contributed by atoms with Crippen LogP contribution < -0.4 is 10.1 Å². The summed E-state index contributed by atoms with van der Waals surface area (Å²) in [5.41, 5.74) is 0.164. The van der Waals surface area contributed by atoms with Gasteiger partial charge in [0.15, 0.2) is 0 Å². The number of ether oxygens (including phenoxy) is 2. The van der Waals surface area contributed by atoms with Crippen molar-refractivity contribution in [3.8, 4) is 5.88 Å². The first kappa shape index (κ1) is 33.2. The number of hydrogen-bond acceptors (Lipinski definition) is 7. The van der Waals surface area contributed by atoms with Crippen LogP contribution in [0.15, 0.2) is 42.5 Å². The zero-order valence-corrected chi connectivity index (χ0v) is 26.4. The summed E-state index contributed by atoms with van der Waals surface area (Å²) < 4.78 is 54.2. The Morgan fingerprint density at radius 1 is 0.915 bits per heavy atom. The van der Waals surface area contributed by atoms with Crippen LogP contribution in [0.5, 0.6) is 5.88 Å². The average molecular weight is 658 g/mol. The van der Waals surface area contributed by atoms with Gasteiger partial charge in [-0.1, -0.05) is 18.2 Å². The number of nitrogens with one attached hydrogen (secondary N) is 1. The van der Waals surface area contributed by atoms with Crippen molar-refractivity contribution in [3.63, 3.8) is 0 Å². The Labute approximate surface area is 272 Å². The van der Waals surface area contributed by atoms with E-state index in [0.29, 0.717) is 45.4 Å². The summed E-state index contributed by atoms with van der Waals surface area (Å²) in [4.78, 5) is 50.6. The van der Waals surface area contributed by atoms with Gasteiger partial charge in [0.1, 0.15) is 18.1 Å². The minimum atomic E-state index is -2.70. The number of alkyl halides is 2. The van der Waals surface area contributed by atoms with Gasteiger partial charge in [0.2, 0.25) is 17.7 Å². The first-order valence-electron chi connectivity index (χ1n) is 16.6. The number of nitrogens with zero attached hydrogens (tertiary/aromatic N) is 4. The largest absolute Gasteiger partial charge is 0.475 e. The summed E-state index contributed by atoms with van der Waals surface area (Å²) in [6.45, 7) is 2.59. The van der Waals surface area contributed by atoms with Gasteiger partial charge in [-0.15, -0.1) is 0 Å². The van der Waals surface area contributed by atoms with Crippen LogP contribution in [0.25, 0.3) is 0 Å². The maximum atomic E-state index is 14.6. The molecule has 254 valence electrons. The van der Waals surface area contributed by atoms with Gasteiger partial charge in [-0.2, -0.15) is 0 Å². The number of carbonyl (C=O) groups excluding carboxylic acids is 3. The topological polar surface area (TPSA) is 104 Å². The van der Waals surface area contributed by atoms with E-state index in [1.54, 1.807) is 35.2 Å². The number of fused-ring (bicyclic) bond motifs is 10. The fourth-order valence-electron chi connectivity index (χ4n) is 7.27. The van der Waals surface area contributed by atoms with E-state index in [-0.39, 0.29) is 93.1 Å². The molecule has 13 heteroatoms. The van der Waals surface area contributed by atoms with Crippen molar-refractivity contribution in [1.82, 2.24) is 25.0 Å². The van der Waals surface area contributed by atoms with Crippen LogP contribution in [0, 0.1) is 11.7 Å². The van der Waals surface area contributed by atoms with Gasteiger partial charge in [-0.05, 0) is 56.2 Å². The van der Waals surface area contributed by atoms with E-state index in [4.69, 9.17) is 9.47 Å². The van der Waals surface area contributed by atoms with E-state index < -0.39 is 29.6 Å². The number of halogens is 3. The van der Waals surface area contributed by atoms with Gasteiger partial charge < -0.3 is 24.6 Å². The SMILES string of the molecule is O=C1N[C@@H]2C[C@@H](C(=O)N3CCC(CC3)CN(C(=O)c3ccccc3F)CCOCCOc3cccc1n3)N(C1CCC(F)(F)CC1)C2. The summed E-state index contributed by atoms with van der Waals surface area (Å²) in [5.74, 6) is -3.81. The van der Waals surface area contributed by atoms with Crippen molar-refractivity contribution < 1.29 is 37.0 Å². The second-order valence-electron chi connectivity index (χ2n) is 13.0. The molecule has 1 saturated carbocycles. The molecular formula is C34H42F3N5O5. The minimum Gasteiger partial charge on any atom is -0.475 e. The molecule has 3 fully saturated rings. The molecule has 2 saturated heterocycles. The number of benzene rings is 1. The molecular weight excluding hydrogens is 615 g/mol. The Bertz CT molecular complexity index is 1430. The predicted molar refractivity (Wildman–Crippen MR) is 166 cm³/mol. The van der Waals surface area contributed by atoms with Gasteiger partial charge >= 0.3 is 0 Å². The number of piperidine rings is 1. The summed E-state index contributed by atoms with van der Waals surface area (Å²) in [7, 11) is 0. The monoisotopic (exact) mass is 657 g/mol. The lowest BCUT2D eigenvalue weighted by molar-refractivity contribution is -0.139. The molecule has 3 amide bonds. The van der Waals surface area contributed by atoms with Crippen LogP contribution in [-0.4, -0.2) is 114 Å². The number of carbonyl (C=O) groups is 3. The molecule has 7 rings (SSSR count). The highest BCUT2D eigenvalue weighted by molar-refractivity contribution is 5.94. The van der Waals surface area contributed by atoms with Gasteiger partial charge in [-0.25, -0.2) is 18.2 Å². The van der Waals surface area contributed by atoms with E-state index in [9.17, 15) is 27.6 Å². The van der Waals surface area contributed by atoms with Crippen LogP contribution in [-0.2, 0) is 9.53 Å². The Kier molecular flexibility index (Phi) is 10.3. The van der Waals surface area contributed by atoms with Crippen LogP contribution >= 0.6 is 0 Å². The van der Waals surface area contributed by atoms with E-state index in [1.807, 2.05) is 9.80 Å². The second kappa shape index (κ2) is 14.6. The average Bonchev–Trinajstić information content (AvgIpc) is 3.48. The van der Waals surface area contributed by atoms with Crippen LogP contribution in [0.4, 0.5) is 13.2 Å². The second-order valence-corrected chi connectivity index (χ2v) is 13.0. The van der Waals surface area contributed by atoms with E-state index in [1.165, 1.54) is 12.1 Å². The lowest BCUT2D eigenvalue weighted by Crippen LogP contribution is -2.52. The molecule has 5 aliphatic rings. The van der Waals surface area contributed by atoms with Crippen molar-refractivity contribution in [2.45, 2.75) is 69.0 Å². The Morgan fingerprint density at radius 2 is 1.68 bits per heavy atom. The molecule has 5 heterocycles. The van der Waals surface area contributed by atoms with Gasteiger partial charge in [-0.3, -0.25) is 19.3 Å². The third kappa shape index (κ3) is 8.06. The third-order valence-corrected chi connectivity index (χ3v) is 9.85. The lowest BCUT2D eigenvalue weighted by atomic mass is 9.90. The van der Waals surface area contributed by atoms with E-state index >= 15 is 0 Å². The third-order valence-electron chi connectivity index (χ3n) is 9.85. The van der Waals surface area contributed by atoms with Crippen molar-refractivity contribution >= 4 is 17.7 Å². The molecule has 2 aromatic rings. The molecule has 0 unspecified atom stereocenters. The predicted octanol–water partition coefficient (Wildman–Crippen LogP) is 3.76. The molecule has 0 radical (unpaired) electrons. The number of pyridine rings is 1. The normalized spacial score (nSPS) is 25.6. The number of aromatic nitrogens is 1. The fraction of sp³-hybridized carbons (Fsp3) is 0.588. The maximum Gasteiger partial charge on any atom is 0.270 e. The van der Waals surface area contributed by atoms with Crippen LogP contribution in [0.3, 0.4) is 0 Å². The standard InChI is InChI=1S/C34H42F3N5O5/c35-27-5-2-1-4-26(27)32(44)41-16-17-46-18-19-47-30-7-3-6-28(39-30)31(43)38-24-20-29(33(45)40-14-10-23(21-41)11-15-40)42(22-24)25-8-12-34(36,37)13-9-25/h1-7,23-25,29H,8-22H2,(H,38,43)/t24-,29+/m1/s1. The highest BCUT2D eigenvalue weighted by Gasteiger charge is 2.46. The first-order valence-corrected chi connectivity index (χ1v) is 16.6. The van der Waals surface area contributed by atoms with Crippen molar-refractivity contribution in [2.24, 2.45) is 5.92 Å². The molecule has 1 aromatic carbocycles. The molecule has 1 N–H and O–H groups in total. The summed E-state index contributed by atoms with van der Waals surface area (Å²) >= 11 is 0. The smallest absolute Gasteiger partial charge is 0.270 e. The highest BCUT2D eigenvalue weighted by atomic mass is 19.3. The van der Waals surface area contributed by atoms with Gasteiger partial charge in [0.05, 0.1) is 24.8 Å². The summed E-state index contributed by atoms with van der Waals surface area (Å²) in [6, 6.07) is 9.72. The number of hydrogen-bond donors (Lipinski definition) is 1. The molecule has 0 spiro atoms. The molecule has 10 nitrogen and oxygen atoms in total. The van der Waals surface area contributed by atoms with Crippen LogP contribution in [0.1, 0.15) is 65.8 Å². The molecule has 2 atom stereocenters. The van der Waals surface area contributed by atoms with Gasteiger partial charge in [0, 0.05) is 63.7 Å². The number of likely N-dealkylation sites (tertiary alicyclic amines) is 1. The summed E-state index contributed by atoms with van der Waals surface area (Å²) in [6.07, 6.45) is 1.82. The molecule has 4 aliphatic heterocycles. The highest BCUT2D eigenvalue weighted by Crippen LogP contribution is 2.38. The quantitative estimate of drug-likeness (QED) is 0.491. The van der Waals surface area contributed by atoms with Crippen molar-refractivity contribution in [3.05, 3.63) is 59.5 Å². The number of amides is 3. The molecule has 1 aromatic heterocycles. The summed E-state index contributed by atoms with van der Waals surface area (Å²) in [5, 5.41) is 3.02. The molecule has 1 aliphatic carbocycles. The number of rotatable bonds is 2. The fourth-order valence-corrected chi connectivity index (χ4v) is 7.27. The Morgan fingerprint density at radius 3 is 2.45 bits per heavy atom. The first-order chi connectivity index (χ1) is 22.7. The lowest BCUT2D eigenvalue weighted by Gasteiger charge is -2.40. The van der Waals surface area contributed by atoms with E-state index in [0.717, 1.165) is 0 Å². The maximum absolute atomic E-state index is 14.6. The van der Waals surface area contributed by atoms with Crippen LogP contribution in [0.2, 0.25) is 0 Å². The van der Waals surface area contributed by atoms with Crippen molar-refractivity contribution in [2.75, 3.05) is 52.5 Å². The Balaban J connectivity index is 1.21.